The Morgan fingerprint density at radius 3 is 2.50 bits per heavy atom. The second kappa shape index (κ2) is 5.36. The van der Waals surface area contributed by atoms with Crippen LogP contribution in [0, 0.1) is 0 Å². The first-order valence-corrected chi connectivity index (χ1v) is 6.29. The minimum absolute atomic E-state index is 0.0785. The van der Waals surface area contributed by atoms with E-state index in [1.54, 1.807) is 4.90 Å². The molecule has 0 spiro atoms. The average molecular weight is 245 g/mol. The monoisotopic (exact) mass is 245 g/mol. The molecule has 1 aromatic rings. The van der Waals surface area contributed by atoms with E-state index in [0.717, 1.165) is 16.7 Å². The summed E-state index contributed by atoms with van der Waals surface area (Å²) in [6.45, 7) is 6.99. The van der Waals surface area contributed by atoms with Crippen LogP contribution in [0.2, 0.25) is 0 Å². The second-order valence-corrected chi connectivity index (χ2v) is 4.53. The number of benzene rings is 1. The molecule has 1 unspecified atom stereocenters. The van der Waals surface area contributed by atoms with Gasteiger partial charge in [0, 0.05) is 18.7 Å². The van der Waals surface area contributed by atoms with Gasteiger partial charge in [0.15, 0.2) is 6.23 Å². The van der Waals surface area contributed by atoms with Crippen molar-refractivity contribution in [1.82, 2.24) is 4.90 Å². The Balaban J connectivity index is 2.19. The van der Waals surface area contributed by atoms with E-state index in [1.165, 1.54) is 0 Å². The van der Waals surface area contributed by atoms with Gasteiger partial charge in [0.1, 0.15) is 0 Å². The van der Waals surface area contributed by atoms with Gasteiger partial charge < -0.3 is 9.64 Å². The fourth-order valence-corrected chi connectivity index (χ4v) is 2.22. The third kappa shape index (κ3) is 2.31. The van der Waals surface area contributed by atoms with E-state index < -0.39 is 0 Å². The van der Waals surface area contributed by atoms with E-state index >= 15 is 0 Å². The molecule has 0 aromatic heterocycles. The molecule has 96 valence electrons. The first-order chi connectivity index (χ1) is 8.65. The maximum atomic E-state index is 12.2. The van der Waals surface area contributed by atoms with E-state index in [4.69, 9.17) is 4.74 Å². The van der Waals surface area contributed by atoms with Crippen molar-refractivity contribution in [2.75, 3.05) is 6.61 Å². The SMILES string of the molecule is CCOC1C(C)=C(C)C(=O)N1Cc1ccccc1. The number of hydrogen-bond acceptors (Lipinski definition) is 2. The predicted molar refractivity (Wildman–Crippen MR) is 70.8 cm³/mol. The Hall–Kier alpha value is -1.61. The normalized spacial score (nSPS) is 19.8. The van der Waals surface area contributed by atoms with Crippen molar-refractivity contribution >= 4 is 5.91 Å². The molecule has 0 aliphatic carbocycles. The summed E-state index contributed by atoms with van der Waals surface area (Å²) in [7, 11) is 0. The Morgan fingerprint density at radius 1 is 1.22 bits per heavy atom. The van der Waals surface area contributed by atoms with Crippen LogP contribution in [0.25, 0.3) is 0 Å². The molecule has 1 amide bonds. The molecule has 18 heavy (non-hydrogen) atoms. The molecular weight excluding hydrogens is 226 g/mol. The molecule has 1 aliphatic rings. The molecule has 1 atom stereocenters. The third-order valence-electron chi connectivity index (χ3n) is 3.35. The molecule has 0 fully saturated rings. The molecule has 1 aliphatic heterocycles. The summed E-state index contributed by atoms with van der Waals surface area (Å²) in [5.41, 5.74) is 2.96. The number of amides is 1. The van der Waals surface area contributed by atoms with Crippen molar-refractivity contribution in [3.63, 3.8) is 0 Å². The minimum atomic E-state index is -0.206. The maximum absolute atomic E-state index is 12.2. The quantitative estimate of drug-likeness (QED) is 0.816. The first kappa shape index (κ1) is 12.8. The molecule has 0 saturated carbocycles. The summed E-state index contributed by atoms with van der Waals surface area (Å²) >= 11 is 0. The topological polar surface area (TPSA) is 29.5 Å². The molecule has 2 rings (SSSR count). The van der Waals surface area contributed by atoms with Gasteiger partial charge in [-0.1, -0.05) is 30.3 Å². The number of nitrogens with zero attached hydrogens (tertiary/aromatic N) is 1. The third-order valence-corrected chi connectivity index (χ3v) is 3.35. The van der Waals surface area contributed by atoms with Crippen LogP contribution in [0.4, 0.5) is 0 Å². The Bertz CT molecular complexity index is 465. The fraction of sp³-hybridized carbons (Fsp3) is 0.400. The highest BCUT2D eigenvalue weighted by Gasteiger charge is 2.34. The molecule has 3 heteroatoms. The predicted octanol–water partition coefficient (Wildman–Crippen LogP) is 2.73. The lowest BCUT2D eigenvalue weighted by Crippen LogP contribution is -2.36. The van der Waals surface area contributed by atoms with Crippen LogP contribution < -0.4 is 0 Å². The van der Waals surface area contributed by atoms with Gasteiger partial charge in [-0.25, -0.2) is 0 Å². The lowest BCUT2D eigenvalue weighted by Gasteiger charge is -2.26. The van der Waals surface area contributed by atoms with Gasteiger partial charge in [0.25, 0.3) is 5.91 Å². The molecule has 1 heterocycles. The molecule has 0 saturated heterocycles. The van der Waals surface area contributed by atoms with Gasteiger partial charge in [-0.3, -0.25) is 4.79 Å². The van der Waals surface area contributed by atoms with Gasteiger partial charge in [-0.2, -0.15) is 0 Å². The van der Waals surface area contributed by atoms with E-state index in [-0.39, 0.29) is 12.1 Å². The molecule has 3 nitrogen and oxygen atoms in total. The number of carbonyl (C=O) groups excluding carboxylic acids is 1. The van der Waals surface area contributed by atoms with Gasteiger partial charge in [0.2, 0.25) is 0 Å². The molecular formula is C15H19NO2. The van der Waals surface area contributed by atoms with E-state index in [2.05, 4.69) is 0 Å². The van der Waals surface area contributed by atoms with E-state index in [0.29, 0.717) is 13.2 Å². The highest BCUT2D eigenvalue weighted by atomic mass is 16.5. The summed E-state index contributed by atoms with van der Waals surface area (Å²) in [6, 6.07) is 10.0. The fourth-order valence-electron chi connectivity index (χ4n) is 2.22. The number of rotatable bonds is 4. The van der Waals surface area contributed by atoms with Crippen LogP contribution in [0.1, 0.15) is 26.3 Å². The van der Waals surface area contributed by atoms with Crippen molar-refractivity contribution in [1.29, 1.82) is 0 Å². The number of carbonyl (C=O) groups is 1. The number of ether oxygens (including phenoxy) is 1. The van der Waals surface area contributed by atoms with Crippen LogP contribution in [-0.2, 0) is 16.1 Å². The number of hydrogen-bond donors (Lipinski definition) is 0. The summed E-state index contributed by atoms with van der Waals surface area (Å²) in [6.07, 6.45) is -0.206. The van der Waals surface area contributed by atoms with Crippen LogP contribution in [-0.4, -0.2) is 23.6 Å². The summed E-state index contributed by atoms with van der Waals surface area (Å²) < 4.78 is 5.69. The molecule has 0 N–H and O–H groups in total. The molecule has 0 radical (unpaired) electrons. The minimum Gasteiger partial charge on any atom is -0.355 e. The van der Waals surface area contributed by atoms with E-state index in [9.17, 15) is 4.79 Å². The summed E-state index contributed by atoms with van der Waals surface area (Å²) in [5.74, 6) is 0.0785. The van der Waals surface area contributed by atoms with Gasteiger partial charge in [0.05, 0.1) is 0 Å². The summed E-state index contributed by atoms with van der Waals surface area (Å²) in [4.78, 5) is 14.0. The van der Waals surface area contributed by atoms with Gasteiger partial charge in [-0.05, 0) is 31.9 Å². The Labute approximate surface area is 108 Å². The van der Waals surface area contributed by atoms with Crippen molar-refractivity contribution in [2.45, 2.75) is 33.5 Å². The lowest BCUT2D eigenvalue weighted by molar-refractivity contribution is -0.135. The molecule has 0 bridgehead atoms. The second-order valence-electron chi connectivity index (χ2n) is 4.53. The van der Waals surface area contributed by atoms with Crippen molar-refractivity contribution < 1.29 is 9.53 Å². The van der Waals surface area contributed by atoms with Crippen LogP contribution >= 0.6 is 0 Å². The standard InChI is InChI=1S/C15H19NO2/c1-4-18-15-12(3)11(2)14(17)16(15)10-13-8-6-5-7-9-13/h5-9,15H,4,10H2,1-3H3. The van der Waals surface area contributed by atoms with Crippen LogP contribution in [0.3, 0.4) is 0 Å². The molecule has 1 aromatic carbocycles. The highest BCUT2D eigenvalue weighted by Crippen LogP contribution is 2.27. The maximum Gasteiger partial charge on any atom is 0.252 e. The zero-order valence-corrected chi connectivity index (χ0v) is 11.1. The first-order valence-electron chi connectivity index (χ1n) is 6.29. The smallest absolute Gasteiger partial charge is 0.252 e. The zero-order valence-electron chi connectivity index (χ0n) is 11.1. The Kier molecular flexibility index (Phi) is 3.82. The largest absolute Gasteiger partial charge is 0.355 e. The van der Waals surface area contributed by atoms with Gasteiger partial charge >= 0.3 is 0 Å². The lowest BCUT2D eigenvalue weighted by atomic mass is 10.2. The zero-order chi connectivity index (χ0) is 13.1. The van der Waals surface area contributed by atoms with Crippen LogP contribution in [0.15, 0.2) is 41.5 Å². The van der Waals surface area contributed by atoms with Crippen molar-refractivity contribution in [2.24, 2.45) is 0 Å². The van der Waals surface area contributed by atoms with E-state index in [1.807, 2.05) is 51.1 Å². The Morgan fingerprint density at radius 2 is 1.89 bits per heavy atom. The summed E-state index contributed by atoms with van der Waals surface area (Å²) in [5, 5.41) is 0. The average Bonchev–Trinajstić information content (AvgIpc) is 2.58. The highest BCUT2D eigenvalue weighted by molar-refractivity contribution is 5.96. The van der Waals surface area contributed by atoms with Crippen molar-refractivity contribution in [3.05, 3.63) is 47.0 Å². The van der Waals surface area contributed by atoms with Crippen LogP contribution in [0.5, 0.6) is 0 Å². The van der Waals surface area contributed by atoms with Crippen molar-refractivity contribution in [3.8, 4) is 0 Å². The van der Waals surface area contributed by atoms with Gasteiger partial charge in [-0.15, -0.1) is 0 Å².